The van der Waals surface area contributed by atoms with Crippen LogP contribution in [0.1, 0.15) is 50.7 Å². The maximum atomic E-state index is 10.4. The molecule has 0 aromatic heterocycles. The van der Waals surface area contributed by atoms with E-state index in [4.69, 9.17) is 9.98 Å². The number of anilines is 2. The third-order valence-corrected chi connectivity index (χ3v) is 6.36. The molecule has 0 spiro atoms. The van der Waals surface area contributed by atoms with E-state index in [1.54, 1.807) is 24.6 Å². The summed E-state index contributed by atoms with van der Waals surface area (Å²) in [5.41, 5.74) is 3.41. The maximum absolute atomic E-state index is 10.4. The predicted molar refractivity (Wildman–Crippen MR) is 151 cm³/mol. The van der Waals surface area contributed by atoms with Gasteiger partial charge in [0.05, 0.1) is 12.1 Å². The smallest absolute Gasteiger partial charge is 0.126 e. The molecule has 0 aliphatic heterocycles. The van der Waals surface area contributed by atoms with Gasteiger partial charge in [-0.05, 0) is 51.0 Å². The van der Waals surface area contributed by atoms with E-state index in [-0.39, 0.29) is 64.6 Å². The molecule has 1 aliphatic rings. The molecule has 2 atom stereocenters. The van der Waals surface area contributed by atoms with E-state index in [0.717, 1.165) is 61.3 Å². The van der Waals surface area contributed by atoms with Crippen molar-refractivity contribution in [2.24, 2.45) is 9.98 Å². The molecular formula is C26H37IMnN4O2. The van der Waals surface area contributed by atoms with Gasteiger partial charge in [-0.25, -0.2) is 0 Å². The van der Waals surface area contributed by atoms with Crippen LogP contribution in [0.25, 0.3) is 0 Å². The van der Waals surface area contributed by atoms with Crippen LogP contribution in [0.3, 0.4) is 0 Å². The summed E-state index contributed by atoms with van der Waals surface area (Å²) in [7, 11) is 4.00. The van der Waals surface area contributed by atoms with Crippen molar-refractivity contribution in [1.82, 2.24) is 0 Å². The summed E-state index contributed by atoms with van der Waals surface area (Å²) in [6.45, 7) is 5.91. The molecule has 1 aliphatic carbocycles. The van der Waals surface area contributed by atoms with Crippen LogP contribution in [0.15, 0.2) is 46.4 Å². The van der Waals surface area contributed by atoms with E-state index in [9.17, 15) is 10.2 Å². The zero-order valence-electron chi connectivity index (χ0n) is 20.5. The molecule has 187 valence electrons. The number of aromatic hydroxyl groups is 2. The first-order valence-corrected chi connectivity index (χ1v) is 11.6. The molecule has 1 radical (unpaired) electrons. The van der Waals surface area contributed by atoms with Gasteiger partial charge in [-0.2, -0.15) is 0 Å². The molecule has 2 aromatic carbocycles. The first kappa shape index (κ1) is 30.3. The number of benzene rings is 2. The summed E-state index contributed by atoms with van der Waals surface area (Å²) < 4.78 is 0. The maximum Gasteiger partial charge on any atom is 0.126 e. The van der Waals surface area contributed by atoms with Gasteiger partial charge in [0.1, 0.15) is 11.5 Å². The topological polar surface area (TPSA) is 71.7 Å². The fourth-order valence-corrected chi connectivity index (χ4v) is 3.91. The molecule has 0 bridgehead atoms. The van der Waals surface area contributed by atoms with Crippen molar-refractivity contribution in [2.75, 3.05) is 37.0 Å². The van der Waals surface area contributed by atoms with Crippen LogP contribution in [0, 0.1) is 0 Å². The number of rotatable bonds is 8. The minimum absolute atomic E-state index is 0. The number of nitrogens with zero attached hydrogens (tertiary/aromatic N) is 4. The summed E-state index contributed by atoms with van der Waals surface area (Å²) in [6, 6.07) is 11.5. The van der Waals surface area contributed by atoms with E-state index in [2.05, 4.69) is 23.6 Å². The Bertz CT molecular complexity index is 892. The van der Waals surface area contributed by atoms with Gasteiger partial charge in [-0.1, -0.05) is 12.8 Å². The van der Waals surface area contributed by atoms with E-state index >= 15 is 0 Å². The summed E-state index contributed by atoms with van der Waals surface area (Å²) in [5, 5.41) is 20.8. The second kappa shape index (κ2) is 14.6. The zero-order valence-corrected chi connectivity index (χ0v) is 24.0. The third-order valence-electron chi connectivity index (χ3n) is 6.36. The molecule has 34 heavy (non-hydrogen) atoms. The summed E-state index contributed by atoms with van der Waals surface area (Å²) in [5.74, 6) is 0.481. The second-order valence-electron chi connectivity index (χ2n) is 8.49. The molecular weight excluding hydrogens is 582 g/mol. The number of phenols is 2. The number of aliphatic imine (C=N–C) groups is 2. The molecule has 2 aromatic rings. The largest absolute Gasteiger partial charge is 0.507 e. The Kier molecular flexibility index (Phi) is 13.0. The molecule has 0 saturated heterocycles. The molecule has 0 heterocycles. The van der Waals surface area contributed by atoms with Gasteiger partial charge >= 0.3 is 0 Å². The Hall–Kier alpha value is -1.77. The molecule has 3 rings (SSSR count). The standard InChI is InChI=1S/C26H36N4O2.HI.Mn/c1-5-29(3)21-13-11-19(25(31)15-21)17-27-23-9-7-8-10-24(23)28-18-20-12-14-22(16-26(20)32)30(4)6-2;;/h11-18,23-24,31-32H,5-10H2,1-4H3;1H;/t23-,24?;;/m0../s1. The summed E-state index contributed by atoms with van der Waals surface area (Å²) in [4.78, 5) is 13.7. The van der Waals surface area contributed by atoms with Gasteiger partial charge in [0.2, 0.25) is 0 Å². The van der Waals surface area contributed by atoms with E-state index in [1.165, 1.54) is 0 Å². The van der Waals surface area contributed by atoms with E-state index < -0.39 is 0 Å². The monoisotopic (exact) mass is 619 g/mol. The molecule has 6 nitrogen and oxygen atoms in total. The van der Waals surface area contributed by atoms with Crippen LogP contribution < -0.4 is 9.80 Å². The van der Waals surface area contributed by atoms with Gasteiger partial charge in [0, 0.05) is 91.3 Å². The molecule has 1 unspecified atom stereocenters. The van der Waals surface area contributed by atoms with Crippen LogP contribution in [0.5, 0.6) is 11.5 Å². The Labute approximate surface area is 231 Å². The van der Waals surface area contributed by atoms with E-state index in [0.29, 0.717) is 0 Å². The third kappa shape index (κ3) is 7.89. The molecule has 2 N–H and O–H groups in total. The zero-order chi connectivity index (χ0) is 23.1. The van der Waals surface area contributed by atoms with Crippen molar-refractivity contribution in [3.05, 3.63) is 47.5 Å². The molecule has 8 heteroatoms. The van der Waals surface area contributed by atoms with Gasteiger partial charge in [0.15, 0.2) is 0 Å². The predicted octanol–water partition coefficient (Wildman–Crippen LogP) is 5.47. The van der Waals surface area contributed by atoms with Crippen molar-refractivity contribution in [1.29, 1.82) is 0 Å². The number of phenolic OH excluding ortho intramolecular Hbond substituents is 2. The minimum Gasteiger partial charge on any atom is -0.507 e. The van der Waals surface area contributed by atoms with Crippen molar-refractivity contribution in [3.8, 4) is 11.5 Å². The van der Waals surface area contributed by atoms with Gasteiger partial charge in [0.25, 0.3) is 0 Å². The van der Waals surface area contributed by atoms with Gasteiger partial charge in [-0.15, -0.1) is 24.0 Å². The van der Waals surface area contributed by atoms with Crippen molar-refractivity contribution in [2.45, 2.75) is 51.6 Å². The minimum atomic E-state index is 0. The van der Waals surface area contributed by atoms with Crippen LogP contribution >= 0.6 is 24.0 Å². The molecule has 0 amide bonds. The van der Waals surface area contributed by atoms with Crippen LogP contribution in [-0.4, -0.2) is 61.9 Å². The van der Waals surface area contributed by atoms with Crippen LogP contribution in [-0.2, 0) is 17.1 Å². The van der Waals surface area contributed by atoms with Crippen LogP contribution in [0.2, 0.25) is 0 Å². The SMILES string of the molecule is CCN(C)c1ccc(C=NC2CCCC[C@@H]2N=Cc2ccc(N(C)CC)cc2O)c(O)c1.I.[Mn]. The fourth-order valence-electron chi connectivity index (χ4n) is 3.91. The first-order valence-electron chi connectivity index (χ1n) is 11.6. The number of halogens is 1. The average molecular weight is 619 g/mol. The van der Waals surface area contributed by atoms with Crippen molar-refractivity contribution < 1.29 is 27.3 Å². The average Bonchev–Trinajstić information content (AvgIpc) is 2.81. The molecule has 1 saturated carbocycles. The van der Waals surface area contributed by atoms with Gasteiger partial charge in [-0.3, -0.25) is 9.98 Å². The summed E-state index contributed by atoms with van der Waals surface area (Å²) >= 11 is 0. The first-order chi connectivity index (χ1) is 15.4. The number of hydrogen-bond acceptors (Lipinski definition) is 6. The number of hydrogen-bond donors (Lipinski definition) is 2. The van der Waals surface area contributed by atoms with Crippen LogP contribution in [0.4, 0.5) is 11.4 Å². The van der Waals surface area contributed by atoms with E-state index in [1.807, 2.05) is 38.4 Å². The normalized spacial score (nSPS) is 17.9. The summed E-state index contributed by atoms with van der Waals surface area (Å²) in [6.07, 6.45) is 7.75. The fraction of sp³-hybridized carbons (Fsp3) is 0.462. The molecule has 1 fully saturated rings. The Morgan fingerprint density at radius 2 is 1.18 bits per heavy atom. The van der Waals surface area contributed by atoms with Crippen molar-refractivity contribution >= 4 is 47.8 Å². The van der Waals surface area contributed by atoms with Crippen molar-refractivity contribution in [3.63, 3.8) is 0 Å². The Morgan fingerprint density at radius 3 is 1.50 bits per heavy atom. The quantitative estimate of drug-likeness (QED) is 0.234. The Morgan fingerprint density at radius 1 is 0.794 bits per heavy atom. The second-order valence-corrected chi connectivity index (χ2v) is 8.49. The van der Waals surface area contributed by atoms with Gasteiger partial charge < -0.3 is 20.0 Å². The Balaban J connectivity index is 0.00000289.